The van der Waals surface area contributed by atoms with Gasteiger partial charge in [-0.2, -0.15) is 18.6 Å². The predicted molar refractivity (Wildman–Crippen MR) is 184 cm³/mol. The largest absolute Gasteiger partial charge is 0.506 e. The molecule has 13 heteroatoms. The number of fused-ring (bicyclic) bond motifs is 2. The summed E-state index contributed by atoms with van der Waals surface area (Å²) in [6, 6.07) is 29.2. The molecule has 0 amide bonds. The average Bonchev–Trinajstić information content (AvgIpc) is 3.06. The Morgan fingerprint density at radius 3 is 1.44 bits per heavy atom. The molecule has 11 nitrogen and oxygen atoms in total. The van der Waals surface area contributed by atoms with Crippen molar-refractivity contribution in [1.82, 2.24) is 0 Å². The Kier molecular flexibility index (Phi) is 8.58. The standard InChI is InChI=1S/C35H26N4O7S2/c1-47(42,43)32-20-26(36-38-34-28-8-4-2-6-22(28)14-18-30(34)40)16-12-24(32)10-11-25-13-17-27(21-33(25)48(44,45)46)37-39-35-29-9-5-3-7-23(29)15-19-31(35)41/h2-21,40-41H,1H3,(H,44,45,46)/b11-10-,38-36+,39-37-. The number of sulfone groups is 1. The monoisotopic (exact) mass is 678 g/mol. The van der Waals surface area contributed by atoms with Crippen LogP contribution in [0.2, 0.25) is 0 Å². The molecule has 6 rings (SSSR count). The molecular formula is C35H26N4O7S2. The molecule has 48 heavy (non-hydrogen) atoms. The zero-order chi connectivity index (χ0) is 34.1. The van der Waals surface area contributed by atoms with E-state index in [1.165, 1.54) is 54.6 Å². The highest BCUT2D eigenvalue weighted by Gasteiger charge is 2.17. The first-order valence-corrected chi connectivity index (χ1v) is 17.6. The second kappa shape index (κ2) is 12.8. The quantitative estimate of drug-likeness (QED) is 0.0816. The van der Waals surface area contributed by atoms with Crippen LogP contribution in [0.3, 0.4) is 0 Å². The third-order valence-electron chi connectivity index (χ3n) is 7.40. The Bertz CT molecular complexity index is 2370. The molecule has 6 aromatic carbocycles. The Morgan fingerprint density at radius 1 is 0.542 bits per heavy atom. The highest BCUT2D eigenvalue weighted by molar-refractivity contribution is 7.90. The Labute approximate surface area is 275 Å². The predicted octanol–water partition coefficient (Wildman–Crippen LogP) is 9.06. The molecule has 240 valence electrons. The Morgan fingerprint density at radius 2 is 0.979 bits per heavy atom. The van der Waals surface area contributed by atoms with Crippen molar-refractivity contribution in [3.63, 3.8) is 0 Å². The maximum absolute atomic E-state index is 12.8. The number of rotatable bonds is 8. The normalized spacial score (nSPS) is 12.6. The van der Waals surface area contributed by atoms with Crippen LogP contribution in [0.25, 0.3) is 33.7 Å². The number of benzene rings is 6. The van der Waals surface area contributed by atoms with Crippen LogP contribution in [-0.4, -0.2) is 37.9 Å². The van der Waals surface area contributed by atoms with E-state index in [9.17, 15) is 31.6 Å². The van der Waals surface area contributed by atoms with Gasteiger partial charge in [0.05, 0.1) is 16.3 Å². The molecule has 0 aliphatic rings. The molecule has 0 aliphatic heterocycles. The van der Waals surface area contributed by atoms with Gasteiger partial charge < -0.3 is 10.2 Å². The molecule has 0 aromatic heterocycles. The van der Waals surface area contributed by atoms with Crippen molar-refractivity contribution in [3.05, 3.63) is 120 Å². The highest BCUT2D eigenvalue weighted by atomic mass is 32.2. The van der Waals surface area contributed by atoms with Crippen molar-refractivity contribution < 1.29 is 31.6 Å². The number of aromatic hydroxyl groups is 2. The lowest BCUT2D eigenvalue weighted by molar-refractivity contribution is 0.476. The Balaban J connectivity index is 1.33. The van der Waals surface area contributed by atoms with Crippen LogP contribution in [0.1, 0.15) is 11.1 Å². The molecule has 3 N–H and O–H groups in total. The molecular weight excluding hydrogens is 653 g/mol. The van der Waals surface area contributed by atoms with Crippen molar-refractivity contribution in [3.8, 4) is 11.5 Å². The van der Waals surface area contributed by atoms with Gasteiger partial charge in [-0.25, -0.2) is 8.42 Å². The third-order valence-corrected chi connectivity index (χ3v) is 9.47. The zero-order valence-electron chi connectivity index (χ0n) is 25.1. The number of phenols is 2. The number of nitrogens with zero attached hydrogens (tertiary/aromatic N) is 4. The summed E-state index contributed by atoms with van der Waals surface area (Å²) < 4.78 is 60.3. The van der Waals surface area contributed by atoms with Gasteiger partial charge in [0.15, 0.2) is 9.84 Å². The van der Waals surface area contributed by atoms with E-state index in [-0.39, 0.29) is 50.3 Å². The fourth-order valence-electron chi connectivity index (χ4n) is 5.08. The fourth-order valence-corrected chi connectivity index (χ4v) is 6.69. The summed E-state index contributed by atoms with van der Waals surface area (Å²) in [7, 11) is -8.55. The van der Waals surface area contributed by atoms with Crippen LogP contribution in [0.5, 0.6) is 11.5 Å². The van der Waals surface area contributed by atoms with Crippen molar-refractivity contribution in [1.29, 1.82) is 0 Å². The molecule has 6 aromatic rings. The molecule has 0 heterocycles. The zero-order valence-corrected chi connectivity index (χ0v) is 26.8. The van der Waals surface area contributed by atoms with E-state index < -0.39 is 24.9 Å². The SMILES string of the molecule is CS(=O)(=O)c1cc(/N=N/c2c(O)ccc3ccccc23)ccc1/C=C\c1ccc(/N=N\c2c(O)ccc3ccccc23)cc1S(=O)(=O)O. The fraction of sp³-hybridized carbons (Fsp3) is 0.0286. The lowest BCUT2D eigenvalue weighted by Gasteiger charge is -2.07. The second-order valence-corrected chi connectivity index (χ2v) is 14.1. The molecule has 0 bridgehead atoms. The lowest BCUT2D eigenvalue weighted by Crippen LogP contribution is -2.01. The molecule has 0 atom stereocenters. The van der Waals surface area contributed by atoms with Crippen LogP contribution in [0, 0.1) is 0 Å². The van der Waals surface area contributed by atoms with Gasteiger partial charge in [0.2, 0.25) is 0 Å². The summed E-state index contributed by atoms with van der Waals surface area (Å²) in [5.41, 5.74) is 0.977. The number of hydrogen-bond acceptors (Lipinski definition) is 10. The summed E-state index contributed by atoms with van der Waals surface area (Å²) in [4.78, 5) is -0.593. The average molecular weight is 679 g/mol. The number of hydrogen-bond donors (Lipinski definition) is 3. The lowest BCUT2D eigenvalue weighted by atomic mass is 10.1. The molecule has 0 radical (unpaired) electrons. The first kappa shape index (κ1) is 32.2. The van der Waals surface area contributed by atoms with Gasteiger partial charge in [0.1, 0.15) is 27.8 Å². The topological polar surface area (TPSA) is 178 Å². The van der Waals surface area contributed by atoms with Crippen molar-refractivity contribution >= 4 is 76.4 Å². The van der Waals surface area contributed by atoms with Crippen LogP contribution < -0.4 is 0 Å². The van der Waals surface area contributed by atoms with Gasteiger partial charge in [0, 0.05) is 17.0 Å². The summed E-state index contributed by atoms with van der Waals surface area (Å²) in [6.07, 6.45) is 3.77. The van der Waals surface area contributed by atoms with Crippen LogP contribution in [-0.2, 0) is 20.0 Å². The summed E-state index contributed by atoms with van der Waals surface area (Å²) in [5, 5.41) is 40.3. The smallest absolute Gasteiger partial charge is 0.295 e. The molecule has 0 saturated heterocycles. The Hall–Kier alpha value is -5.76. The summed E-state index contributed by atoms with van der Waals surface area (Å²) in [6.45, 7) is 0. The van der Waals surface area contributed by atoms with E-state index in [1.807, 2.05) is 24.3 Å². The van der Waals surface area contributed by atoms with Gasteiger partial charge in [-0.15, -0.1) is 10.2 Å². The van der Waals surface area contributed by atoms with Crippen LogP contribution in [0.15, 0.2) is 139 Å². The van der Waals surface area contributed by atoms with E-state index in [0.717, 1.165) is 23.1 Å². The van der Waals surface area contributed by atoms with E-state index in [2.05, 4.69) is 20.5 Å². The molecule has 0 unspecified atom stereocenters. The number of phenolic OH excluding ortho intramolecular Hbond substituents is 2. The van der Waals surface area contributed by atoms with Gasteiger partial charge in [-0.05, 0) is 58.3 Å². The molecule has 0 fully saturated rings. The van der Waals surface area contributed by atoms with Gasteiger partial charge in [-0.3, -0.25) is 4.55 Å². The maximum Gasteiger partial charge on any atom is 0.295 e. The minimum Gasteiger partial charge on any atom is -0.506 e. The minimum absolute atomic E-state index is 0.0547. The van der Waals surface area contributed by atoms with Gasteiger partial charge in [-0.1, -0.05) is 84.9 Å². The molecule has 0 aliphatic carbocycles. The first-order chi connectivity index (χ1) is 22.9. The van der Waals surface area contributed by atoms with E-state index >= 15 is 0 Å². The molecule has 0 spiro atoms. The van der Waals surface area contributed by atoms with Crippen LogP contribution >= 0.6 is 0 Å². The summed E-state index contributed by atoms with van der Waals surface area (Å²) in [5.74, 6) is -0.206. The van der Waals surface area contributed by atoms with Crippen LogP contribution in [0.4, 0.5) is 22.7 Å². The maximum atomic E-state index is 12.8. The van der Waals surface area contributed by atoms with Crippen molar-refractivity contribution in [2.75, 3.05) is 6.26 Å². The molecule has 0 saturated carbocycles. The highest BCUT2D eigenvalue weighted by Crippen LogP contribution is 2.38. The van der Waals surface area contributed by atoms with Gasteiger partial charge >= 0.3 is 0 Å². The van der Waals surface area contributed by atoms with E-state index in [1.54, 1.807) is 36.4 Å². The van der Waals surface area contributed by atoms with E-state index in [0.29, 0.717) is 10.8 Å². The van der Waals surface area contributed by atoms with Crippen molar-refractivity contribution in [2.45, 2.75) is 9.79 Å². The minimum atomic E-state index is -4.75. The van der Waals surface area contributed by atoms with E-state index in [4.69, 9.17) is 0 Å². The number of azo groups is 2. The summed E-state index contributed by atoms with van der Waals surface area (Å²) >= 11 is 0. The van der Waals surface area contributed by atoms with Crippen molar-refractivity contribution in [2.24, 2.45) is 20.5 Å². The third kappa shape index (κ3) is 6.83. The second-order valence-electron chi connectivity index (χ2n) is 10.7. The van der Waals surface area contributed by atoms with Gasteiger partial charge in [0.25, 0.3) is 10.1 Å². The first-order valence-electron chi connectivity index (χ1n) is 14.3.